The van der Waals surface area contributed by atoms with Crippen LogP contribution in [0.1, 0.15) is 234 Å². The summed E-state index contributed by atoms with van der Waals surface area (Å²) in [5.41, 5.74) is -0.704. The predicted molar refractivity (Wildman–Crippen MR) is 243 cm³/mol. The van der Waals surface area contributed by atoms with E-state index in [0.717, 1.165) is 96.4 Å². The lowest BCUT2D eigenvalue weighted by atomic mass is 9.94. The summed E-state index contributed by atoms with van der Waals surface area (Å²) in [6.07, 6.45) is 32.2. The molecule has 0 aliphatic heterocycles. The second kappa shape index (κ2) is 39.5. The van der Waals surface area contributed by atoms with Gasteiger partial charge in [-0.25, -0.2) is 0 Å². The van der Waals surface area contributed by atoms with Gasteiger partial charge in [0, 0.05) is 19.4 Å². The van der Waals surface area contributed by atoms with Gasteiger partial charge in [-0.05, 0) is 104 Å². The van der Waals surface area contributed by atoms with Gasteiger partial charge in [0.25, 0.3) is 0 Å². The lowest BCUT2D eigenvalue weighted by molar-refractivity contribution is -0.164. The second-order valence-corrected chi connectivity index (χ2v) is 18.5. The third-order valence-electron chi connectivity index (χ3n) is 11.6. The average molecular weight is 824 g/mol. The van der Waals surface area contributed by atoms with E-state index in [1.54, 1.807) is 0 Å². The summed E-state index contributed by atoms with van der Waals surface area (Å²) < 4.78 is 23.5. The molecule has 0 radical (unpaired) electrons. The average Bonchev–Trinajstić information content (AvgIpc) is 3.20. The van der Waals surface area contributed by atoms with Crippen molar-refractivity contribution in [1.82, 2.24) is 4.90 Å². The second-order valence-electron chi connectivity index (χ2n) is 18.5. The monoisotopic (exact) mass is 824 g/mol. The molecule has 0 aliphatic rings. The molecule has 0 amide bonds. The zero-order valence-corrected chi connectivity index (χ0v) is 39.8. The fourth-order valence-electron chi connectivity index (χ4n) is 7.44. The maximum Gasteiger partial charge on any atom is 0.314 e. The molecule has 2 atom stereocenters. The zero-order chi connectivity index (χ0) is 43.1. The number of hydrogen-bond donors (Lipinski definition) is 0. The smallest absolute Gasteiger partial charge is 0.314 e. The predicted octanol–water partition coefficient (Wildman–Crippen LogP) is 13.6. The van der Waals surface area contributed by atoms with E-state index in [1.165, 1.54) is 89.9 Å². The number of esters is 3. The van der Waals surface area contributed by atoms with Crippen LogP contribution in [0, 0.1) is 17.3 Å². The Balaban J connectivity index is 4.68. The van der Waals surface area contributed by atoms with Gasteiger partial charge in [-0.3, -0.25) is 14.4 Å². The third kappa shape index (κ3) is 35.1. The van der Waals surface area contributed by atoms with E-state index >= 15 is 0 Å². The molecular formula is C50H97NO7. The molecule has 0 saturated heterocycles. The highest BCUT2D eigenvalue weighted by molar-refractivity contribution is 5.76. The van der Waals surface area contributed by atoms with Crippen LogP contribution < -0.4 is 0 Å². The lowest BCUT2D eigenvalue weighted by Crippen LogP contribution is -2.35. The Labute approximate surface area is 359 Å². The van der Waals surface area contributed by atoms with E-state index in [4.69, 9.17) is 18.9 Å². The quantitative estimate of drug-likeness (QED) is 0.0341. The van der Waals surface area contributed by atoms with Gasteiger partial charge in [0.05, 0.1) is 31.8 Å². The first kappa shape index (κ1) is 56.3. The Morgan fingerprint density at radius 2 is 0.879 bits per heavy atom. The number of nitrogens with zero attached hydrogens (tertiary/aromatic N) is 1. The number of hydrogen-bond acceptors (Lipinski definition) is 8. The maximum absolute atomic E-state index is 13.3. The minimum atomic E-state index is -0.704. The van der Waals surface area contributed by atoms with Crippen molar-refractivity contribution >= 4 is 17.9 Å². The third-order valence-corrected chi connectivity index (χ3v) is 11.6. The Morgan fingerprint density at radius 1 is 0.500 bits per heavy atom. The Bertz CT molecular complexity index is 900. The molecule has 2 unspecified atom stereocenters. The van der Waals surface area contributed by atoms with E-state index in [-0.39, 0.29) is 24.0 Å². The van der Waals surface area contributed by atoms with Crippen LogP contribution in [0.25, 0.3) is 0 Å². The van der Waals surface area contributed by atoms with Crippen LogP contribution in [0.5, 0.6) is 0 Å². The van der Waals surface area contributed by atoms with Crippen LogP contribution in [0.4, 0.5) is 0 Å². The number of carbonyl (C=O) groups is 3. The number of rotatable bonds is 43. The van der Waals surface area contributed by atoms with Gasteiger partial charge in [0.15, 0.2) is 0 Å². The normalized spacial score (nSPS) is 13.4. The van der Waals surface area contributed by atoms with E-state index in [1.807, 2.05) is 27.9 Å². The molecule has 0 heterocycles. The molecule has 8 heteroatoms. The fraction of sp³-hybridized carbons (Fsp3) is 0.940. The summed E-state index contributed by atoms with van der Waals surface area (Å²) in [6, 6.07) is 0. The summed E-state index contributed by atoms with van der Waals surface area (Å²) in [5.74, 6) is 0.727. The van der Waals surface area contributed by atoms with Crippen molar-refractivity contribution in [2.45, 2.75) is 240 Å². The molecule has 0 aliphatic carbocycles. The van der Waals surface area contributed by atoms with Crippen molar-refractivity contribution in [3.05, 3.63) is 0 Å². The van der Waals surface area contributed by atoms with E-state index < -0.39 is 5.41 Å². The van der Waals surface area contributed by atoms with Crippen LogP contribution in [-0.2, 0) is 33.3 Å². The molecular weight excluding hydrogens is 727 g/mol. The summed E-state index contributed by atoms with van der Waals surface area (Å²) >= 11 is 0. The molecule has 0 saturated carbocycles. The van der Waals surface area contributed by atoms with Gasteiger partial charge >= 0.3 is 17.9 Å². The SMILES string of the molecule is CCCCCCC(CCCC)COC(=O)CCCCCCCC(CCCCCCCC(=O)OCC(CCCC)CCCCCC)OC(=O)C(C)(C)COCCN(C)C. The largest absolute Gasteiger partial charge is 0.465 e. The van der Waals surface area contributed by atoms with Gasteiger partial charge in [-0.15, -0.1) is 0 Å². The van der Waals surface area contributed by atoms with Gasteiger partial charge in [-0.2, -0.15) is 0 Å². The van der Waals surface area contributed by atoms with Crippen LogP contribution in [-0.4, -0.2) is 76.0 Å². The molecule has 58 heavy (non-hydrogen) atoms. The highest BCUT2D eigenvalue weighted by Crippen LogP contribution is 2.24. The van der Waals surface area contributed by atoms with Gasteiger partial charge < -0.3 is 23.8 Å². The fourth-order valence-corrected chi connectivity index (χ4v) is 7.44. The van der Waals surface area contributed by atoms with Gasteiger partial charge in [0.1, 0.15) is 6.10 Å². The first-order valence-electron chi connectivity index (χ1n) is 24.7. The summed E-state index contributed by atoms with van der Waals surface area (Å²) in [6.45, 7) is 15.7. The van der Waals surface area contributed by atoms with Crippen molar-refractivity contribution < 1.29 is 33.3 Å². The molecule has 344 valence electrons. The topological polar surface area (TPSA) is 91.4 Å². The van der Waals surface area contributed by atoms with Crippen LogP contribution >= 0.6 is 0 Å². The van der Waals surface area contributed by atoms with Crippen molar-refractivity contribution in [3.63, 3.8) is 0 Å². The summed E-state index contributed by atoms with van der Waals surface area (Å²) in [4.78, 5) is 40.4. The summed E-state index contributed by atoms with van der Waals surface area (Å²) in [5, 5.41) is 0. The van der Waals surface area contributed by atoms with Crippen LogP contribution in [0.15, 0.2) is 0 Å². The first-order valence-corrected chi connectivity index (χ1v) is 24.7. The minimum Gasteiger partial charge on any atom is -0.465 e. The van der Waals surface area contributed by atoms with Crippen molar-refractivity contribution in [2.75, 3.05) is 47.1 Å². The molecule has 0 aromatic heterocycles. The van der Waals surface area contributed by atoms with Crippen molar-refractivity contribution in [1.29, 1.82) is 0 Å². The van der Waals surface area contributed by atoms with Gasteiger partial charge in [-0.1, -0.05) is 143 Å². The van der Waals surface area contributed by atoms with Gasteiger partial charge in [0.2, 0.25) is 0 Å². The Morgan fingerprint density at radius 3 is 1.31 bits per heavy atom. The van der Waals surface area contributed by atoms with E-state index in [0.29, 0.717) is 51.1 Å². The number of unbranched alkanes of at least 4 members (excludes halogenated alkanes) is 16. The molecule has 0 N–H and O–H groups in total. The van der Waals surface area contributed by atoms with Crippen LogP contribution in [0.2, 0.25) is 0 Å². The number of likely N-dealkylation sites (N-methyl/N-ethyl adjacent to an activating group) is 1. The molecule has 0 rings (SSSR count). The maximum atomic E-state index is 13.3. The molecule has 8 nitrogen and oxygen atoms in total. The molecule has 0 fully saturated rings. The number of ether oxygens (including phenoxy) is 4. The molecule has 0 aromatic carbocycles. The number of carbonyl (C=O) groups excluding carboxylic acids is 3. The highest BCUT2D eigenvalue weighted by Gasteiger charge is 2.32. The zero-order valence-electron chi connectivity index (χ0n) is 39.8. The minimum absolute atomic E-state index is 0.0466. The molecule has 0 bridgehead atoms. The molecule has 0 spiro atoms. The Hall–Kier alpha value is -1.67. The van der Waals surface area contributed by atoms with Crippen LogP contribution in [0.3, 0.4) is 0 Å². The Kier molecular flexibility index (Phi) is 38.3. The lowest BCUT2D eigenvalue weighted by Gasteiger charge is -2.27. The van der Waals surface area contributed by atoms with Crippen molar-refractivity contribution in [2.24, 2.45) is 17.3 Å². The van der Waals surface area contributed by atoms with Crippen molar-refractivity contribution in [3.8, 4) is 0 Å². The molecule has 0 aromatic rings. The first-order chi connectivity index (χ1) is 28.0. The standard InChI is InChI=1S/C50H97NO7/c1-9-13-17-25-33-44(31-15-11-3)41-56-47(52)37-29-23-19-21-27-35-46(58-49(54)50(5,6)43-55-40-39-51(7)8)36-28-22-20-24-30-38-48(53)57-42-45(32-16-12-4)34-26-18-14-10-2/h44-46H,9-43H2,1-8H3. The summed E-state index contributed by atoms with van der Waals surface area (Å²) in [7, 11) is 4.02. The highest BCUT2D eigenvalue weighted by atomic mass is 16.6. The van der Waals surface area contributed by atoms with E-state index in [9.17, 15) is 14.4 Å². The van der Waals surface area contributed by atoms with E-state index in [2.05, 4.69) is 32.6 Å².